The summed E-state index contributed by atoms with van der Waals surface area (Å²) in [6.07, 6.45) is 1.15. The summed E-state index contributed by atoms with van der Waals surface area (Å²) in [7, 11) is 0. The molecule has 1 atom stereocenters. The van der Waals surface area contributed by atoms with Crippen LogP contribution >= 0.6 is 11.6 Å². The molecule has 4 heteroatoms. The van der Waals surface area contributed by atoms with Gasteiger partial charge in [-0.2, -0.15) is 0 Å². The van der Waals surface area contributed by atoms with Crippen LogP contribution in [0.3, 0.4) is 0 Å². The molecule has 0 unspecified atom stereocenters. The number of nitrogens with zero attached hydrogens (tertiary/aromatic N) is 1. The molecule has 0 radical (unpaired) electrons. The molecule has 3 nitrogen and oxygen atoms in total. The van der Waals surface area contributed by atoms with Crippen molar-refractivity contribution in [3.8, 4) is 5.75 Å². The molecule has 2 aromatic carbocycles. The van der Waals surface area contributed by atoms with Gasteiger partial charge in [0.1, 0.15) is 11.9 Å². The molecule has 1 saturated heterocycles. The van der Waals surface area contributed by atoms with Crippen LogP contribution in [0.2, 0.25) is 5.02 Å². The predicted octanol–water partition coefficient (Wildman–Crippen LogP) is 3.89. The van der Waals surface area contributed by atoms with Crippen LogP contribution in [0.15, 0.2) is 42.5 Å². The van der Waals surface area contributed by atoms with Crippen LogP contribution in [-0.2, 0) is 0 Å². The molecule has 2 aromatic rings. The Kier molecular flexibility index (Phi) is 3.93. The third-order valence-electron chi connectivity index (χ3n) is 3.85. The van der Waals surface area contributed by atoms with Crippen molar-refractivity contribution in [3.63, 3.8) is 0 Å². The smallest absolute Gasteiger partial charge is 0.138 e. The van der Waals surface area contributed by atoms with Crippen molar-refractivity contribution < 1.29 is 4.74 Å². The van der Waals surface area contributed by atoms with E-state index in [0.29, 0.717) is 16.5 Å². The van der Waals surface area contributed by atoms with Gasteiger partial charge in [0.15, 0.2) is 0 Å². The number of hydrogen-bond donors (Lipinski definition) is 1. The molecule has 0 aliphatic carbocycles. The zero-order valence-corrected chi connectivity index (χ0v) is 12.8. The molecule has 0 bridgehead atoms. The molecule has 0 saturated carbocycles. The second-order valence-corrected chi connectivity index (χ2v) is 5.86. The quantitative estimate of drug-likeness (QED) is 0.874. The Morgan fingerprint density at radius 2 is 2.05 bits per heavy atom. The van der Waals surface area contributed by atoms with Gasteiger partial charge in [-0.3, -0.25) is 0 Å². The first kappa shape index (κ1) is 14.1. The summed E-state index contributed by atoms with van der Waals surface area (Å²) in [5.41, 5.74) is 8.93. The number of aryl methyl sites for hydroxylation is 1. The van der Waals surface area contributed by atoms with E-state index in [-0.39, 0.29) is 6.10 Å². The van der Waals surface area contributed by atoms with Crippen molar-refractivity contribution in [1.82, 2.24) is 0 Å². The number of benzene rings is 2. The maximum atomic E-state index is 6.17. The van der Waals surface area contributed by atoms with Crippen LogP contribution in [0, 0.1) is 6.92 Å². The molecule has 0 aromatic heterocycles. The molecular formula is C17H19ClN2O. The highest BCUT2D eigenvalue weighted by Gasteiger charge is 2.25. The molecule has 110 valence electrons. The predicted molar refractivity (Wildman–Crippen MR) is 88.3 cm³/mol. The van der Waals surface area contributed by atoms with Gasteiger partial charge < -0.3 is 15.4 Å². The number of halogens is 1. The normalized spacial score (nSPS) is 18.0. The van der Waals surface area contributed by atoms with Gasteiger partial charge in [-0.1, -0.05) is 29.8 Å². The minimum absolute atomic E-state index is 0.158. The topological polar surface area (TPSA) is 38.5 Å². The monoisotopic (exact) mass is 302 g/mol. The molecule has 21 heavy (non-hydrogen) atoms. The minimum Gasteiger partial charge on any atom is -0.487 e. The molecule has 3 rings (SSSR count). The van der Waals surface area contributed by atoms with Crippen LogP contribution in [0.1, 0.15) is 12.0 Å². The molecule has 2 N–H and O–H groups in total. The van der Waals surface area contributed by atoms with E-state index in [0.717, 1.165) is 19.5 Å². The first-order valence-electron chi connectivity index (χ1n) is 7.16. The van der Waals surface area contributed by atoms with Crippen LogP contribution in [0.25, 0.3) is 0 Å². The lowest BCUT2D eigenvalue weighted by Gasteiger charge is -2.21. The van der Waals surface area contributed by atoms with Crippen molar-refractivity contribution in [2.75, 3.05) is 23.7 Å². The summed E-state index contributed by atoms with van der Waals surface area (Å²) in [5.74, 6) is 0.711. The SMILES string of the molecule is Cc1ccccc1N1CC[C@H](Oc2ccc(N)cc2Cl)C1. The summed E-state index contributed by atoms with van der Waals surface area (Å²) in [6.45, 7) is 4.02. The van der Waals surface area contributed by atoms with Gasteiger partial charge in [0.05, 0.1) is 11.6 Å². The summed E-state index contributed by atoms with van der Waals surface area (Å²) >= 11 is 6.17. The highest BCUT2D eigenvalue weighted by Crippen LogP contribution is 2.30. The Bertz CT molecular complexity index is 644. The van der Waals surface area contributed by atoms with Gasteiger partial charge in [-0.25, -0.2) is 0 Å². The highest BCUT2D eigenvalue weighted by molar-refractivity contribution is 6.32. The fourth-order valence-electron chi connectivity index (χ4n) is 2.75. The standard InChI is InChI=1S/C17H19ClN2O/c1-12-4-2-3-5-16(12)20-9-8-14(11-20)21-17-7-6-13(19)10-15(17)18/h2-7,10,14H,8-9,11,19H2,1H3/t14-/m0/s1. The van der Waals surface area contributed by atoms with Crippen molar-refractivity contribution >= 4 is 23.0 Å². The average molecular weight is 303 g/mol. The zero-order chi connectivity index (χ0) is 14.8. The number of anilines is 2. The maximum absolute atomic E-state index is 6.17. The molecule has 1 aliphatic heterocycles. The number of nitrogens with two attached hydrogens (primary N) is 1. The molecule has 0 amide bonds. The first-order valence-corrected chi connectivity index (χ1v) is 7.53. The Morgan fingerprint density at radius 3 is 2.81 bits per heavy atom. The Morgan fingerprint density at radius 1 is 1.24 bits per heavy atom. The lowest BCUT2D eigenvalue weighted by molar-refractivity contribution is 0.225. The fraction of sp³-hybridized carbons (Fsp3) is 0.294. The second kappa shape index (κ2) is 5.86. The Hall–Kier alpha value is -1.87. The van der Waals surface area contributed by atoms with Crippen LogP contribution in [0.5, 0.6) is 5.75 Å². The van der Waals surface area contributed by atoms with E-state index in [1.807, 2.05) is 12.1 Å². The minimum atomic E-state index is 0.158. The summed E-state index contributed by atoms with van der Waals surface area (Å²) in [5, 5.41) is 0.573. The summed E-state index contributed by atoms with van der Waals surface area (Å²) in [6, 6.07) is 13.8. The van der Waals surface area contributed by atoms with E-state index in [9.17, 15) is 0 Å². The molecule has 1 aliphatic rings. The molecule has 1 fully saturated rings. The van der Waals surface area contributed by atoms with E-state index in [2.05, 4.69) is 36.1 Å². The Balaban J connectivity index is 1.69. The number of rotatable bonds is 3. The van der Waals surface area contributed by atoms with Crippen molar-refractivity contribution in [2.24, 2.45) is 0 Å². The highest BCUT2D eigenvalue weighted by atomic mass is 35.5. The number of ether oxygens (including phenoxy) is 1. The van der Waals surface area contributed by atoms with Gasteiger partial charge in [0.25, 0.3) is 0 Å². The lowest BCUT2D eigenvalue weighted by atomic mass is 10.2. The Labute approximate surface area is 130 Å². The van der Waals surface area contributed by atoms with E-state index < -0.39 is 0 Å². The lowest BCUT2D eigenvalue weighted by Crippen LogP contribution is -2.25. The molecular weight excluding hydrogens is 284 g/mol. The van der Waals surface area contributed by atoms with Gasteiger partial charge >= 0.3 is 0 Å². The van der Waals surface area contributed by atoms with E-state index in [1.165, 1.54) is 11.3 Å². The van der Waals surface area contributed by atoms with Crippen LogP contribution < -0.4 is 15.4 Å². The van der Waals surface area contributed by atoms with Crippen LogP contribution in [0.4, 0.5) is 11.4 Å². The van der Waals surface area contributed by atoms with E-state index in [1.54, 1.807) is 6.07 Å². The maximum Gasteiger partial charge on any atom is 0.138 e. The number of nitrogen functional groups attached to an aromatic ring is 1. The van der Waals surface area contributed by atoms with E-state index in [4.69, 9.17) is 22.1 Å². The van der Waals surface area contributed by atoms with Crippen molar-refractivity contribution in [2.45, 2.75) is 19.4 Å². The fourth-order valence-corrected chi connectivity index (χ4v) is 2.99. The zero-order valence-electron chi connectivity index (χ0n) is 12.1. The summed E-state index contributed by atoms with van der Waals surface area (Å²) in [4.78, 5) is 2.37. The van der Waals surface area contributed by atoms with Crippen molar-refractivity contribution in [3.05, 3.63) is 53.1 Å². The van der Waals surface area contributed by atoms with Gasteiger partial charge in [0.2, 0.25) is 0 Å². The average Bonchev–Trinajstić information content (AvgIpc) is 2.91. The summed E-state index contributed by atoms with van der Waals surface area (Å²) < 4.78 is 6.02. The van der Waals surface area contributed by atoms with Gasteiger partial charge in [-0.05, 0) is 36.8 Å². The largest absolute Gasteiger partial charge is 0.487 e. The second-order valence-electron chi connectivity index (χ2n) is 5.45. The van der Waals surface area contributed by atoms with Gasteiger partial charge in [-0.15, -0.1) is 0 Å². The first-order chi connectivity index (χ1) is 10.1. The molecule has 0 spiro atoms. The third-order valence-corrected chi connectivity index (χ3v) is 4.15. The van der Waals surface area contributed by atoms with Crippen LogP contribution in [-0.4, -0.2) is 19.2 Å². The van der Waals surface area contributed by atoms with E-state index >= 15 is 0 Å². The third kappa shape index (κ3) is 3.08. The number of para-hydroxylation sites is 1. The van der Waals surface area contributed by atoms with Crippen molar-refractivity contribution in [1.29, 1.82) is 0 Å². The van der Waals surface area contributed by atoms with Gasteiger partial charge in [0, 0.05) is 24.3 Å². The molecule has 1 heterocycles. The number of hydrogen-bond acceptors (Lipinski definition) is 3.